The van der Waals surface area contributed by atoms with Crippen LogP contribution in [0.25, 0.3) is 0 Å². The molecule has 2 aromatic rings. The molecular weight excluding hydrogens is 394 g/mol. The van der Waals surface area contributed by atoms with Crippen molar-refractivity contribution in [3.8, 4) is 11.8 Å². The van der Waals surface area contributed by atoms with Crippen molar-refractivity contribution in [3.63, 3.8) is 0 Å². The Morgan fingerprint density at radius 3 is 2.42 bits per heavy atom. The number of nitrogens with one attached hydrogen (secondary N) is 2. The number of nitrogens with zero attached hydrogens (tertiary/aromatic N) is 1. The molecule has 1 aliphatic rings. The summed E-state index contributed by atoms with van der Waals surface area (Å²) in [6, 6.07) is 16.0. The second kappa shape index (κ2) is 9.18. The monoisotopic (exact) mass is 417 g/mol. The van der Waals surface area contributed by atoms with E-state index in [4.69, 9.17) is 9.47 Å². The zero-order valence-corrected chi connectivity index (χ0v) is 17.8. The van der Waals surface area contributed by atoms with Gasteiger partial charge in [-0.05, 0) is 43.7 Å². The molecule has 0 radical (unpaired) electrons. The van der Waals surface area contributed by atoms with Crippen LogP contribution in [0.15, 0.2) is 71.1 Å². The predicted octanol–water partition coefficient (Wildman–Crippen LogP) is 3.61. The molecule has 1 unspecified atom stereocenters. The van der Waals surface area contributed by atoms with Gasteiger partial charge in [-0.3, -0.25) is 4.79 Å². The molecule has 2 N–H and O–H groups in total. The molecule has 31 heavy (non-hydrogen) atoms. The average Bonchev–Trinajstić information content (AvgIpc) is 2.78. The quantitative estimate of drug-likeness (QED) is 0.721. The van der Waals surface area contributed by atoms with Crippen molar-refractivity contribution in [2.45, 2.75) is 19.8 Å². The summed E-state index contributed by atoms with van der Waals surface area (Å²) in [5.41, 5.74) is 3.44. The van der Waals surface area contributed by atoms with Gasteiger partial charge in [-0.1, -0.05) is 24.3 Å². The number of hydrogen-bond donors (Lipinski definition) is 2. The van der Waals surface area contributed by atoms with E-state index in [1.165, 1.54) is 14.2 Å². The van der Waals surface area contributed by atoms with E-state index in [1.807, 2.05) is 0 Å². The van der Waals surface area contributed by atoms with Crippen LogP contribution in [0.3, 0.4) is 0 Å². The second-order valence-corrected chi connectivity index (χ2v) is 7.02. The SMILES string of the molecule is COC(=O)C1=C(C)NC(C)=C(C(=O)Nc2ccccc2OC)C1c1cccc(C#N)c1. The molecule has 0 saturated heterocycles. The van der Waals surface area contributed by atoms with Gasteiger partial charge in [-0.15, -0.1) is 0 Å². The number of allylic oxidation sites excluding steroid dienone is 2. The van der Waals surface area contributed by atoms with Crippen LogP contribution in [-0.2, 0) is 14.3 Å². The van der Waals surface area contributed by atoms with E-state index in [2.05, 4.69) is 16.7 Å². The summed E-state index contributed by atoms with van der Waals surface area (Å²) >= 11 is 0. The highest BCUT2D eigenvalue weighted by molar-refractivity contribution is 6.09. The Hall–Kier alpha value is -4.05. The summed E-state index contributed by atoms with van der Waals surface area (Å²) in [6.45, 7) is 3.53. The predicted molar refractivity (Wildman–Crippen MR) is 116 cm³/mol. The second-order valence-electron chi connectivity index (χ2n) is 7.02. The molecular formula is C24H23N3O4. The summed E-state index contributed by atoms with van der Waals surface area (Å²) in [5, 5.41) is 15.3. The standard InChI is InChI=1S/C24H23N3O4/c1-14-20(23(28)27-18-10-5-6-11-19(18)30-3)22(17-9-7-8-16(12-17)13-25)21(15(2)26-14)24(29)31-4/h5-12,22,26H,1-4H3,(H,27,28). The fourth-order valence-electron chi connectivity index (χ4n) is 3.73. The summed E-state index contributed by atoms with van der Waals surface area (Å²) in [6.07, 6.45) is 0. The van der Waals surface area contributed by atoms with Crippen LogP contribution in [0.5, 0.6) is 5.75 Å². The number of carbonyl (C=O) groups is 2. The first-order valence-corrected chi connectivity index (χ1v) is 9.62. The lowest BCUT2D eigenvalue weighted by Crippen LogP contribution is -2.33. The van der Waals surface area contributed by atoms with E-state index in [0.717, 1.165) is 0 Å². The Morgan fingerprint density at radius 2 is 1.74 bits per heavy atom. The van der Waals surface area contributed by atoms with E-state index in [0.29, 0.717) is 45.1 Å². The van der Waals surface area contributed by atoms with Gasteiger partial charge >= 0.3 is 5.97 Å². The van der Waals surface area contributed by atoms with Crippen LogP contribution in [-0.4, -0.2) is 26.1 Å². The topological polar surface area (TPSA) is 100 Å². The maximum atomic E-state index is 13.4. The maximum Gasteiger partial charge on any atom is 0.336 e. The lowest BCUT2D eigenvalue weighted by Gasteiger charge is -2.31. The third-order valence-electron chi connectivity index (χ3n) is 5.11. The number of anilines is 1. The number of nitriles is 1. The van der Waals surface area contributed by atoms with Gasteiger partial charge in [-0.2, -0.15) is 5.26 Å². The molecule has 0 aliphatic carbocycles. The average molecular weight is 417 g/mol. The molecule has 1 heterocycles. The molecule has 1 amide bonds. The van der Waals surface area contributed by atoms with E-state index < -0.39 is 17.8 Å². The molecule has 0 fully saturated rings. The van der Waals surface area contributed by atoms with Gasteiger partial charge in [0, 0.05) is 17.0 Å². The van der Waals surface area contributed by atoms with Crippen LogP contribution < -0.4 is 15.4 Å². The molecule has 2 aromatic carbocycles. The van der Waals surface area contributed by atoms with Crippen LogP contribution >= 0.6 is 0 Å². The van der Waals surface area contributed by atoms with Crippen LogP contribution in [0.1, 0.15) is 30.9 Å². The Morgan fingerprint density at radius 1 is 1.03 bits per heavy atom. The van der Waals surface area contributed by atoms with Gasteiger partial charge in [0.05, 0.1) is 43.0 Å². The number of amides is 1. The Balaban J connectivity index is 2.13. The third kappa shape index (κ3) is 4.28. The zero-order valence-electron chi connectivity index (χ0n) is 17.8. The summed E-state index contributed by atoms with van der Waals surface area (Å²) in [5.74, 6) is -1.14. The third-order valence-corrected chi connectivity index (χ3v) is 5.11. The van der Waals surface area contributed by atoms with Crippen LogP contribution in [0.2, 0.25) is 0 Å². The van der Waals surface area contributed by atoms with Gasteiger partial charge < -0.3 is 20.1 Å². The van der Waals surface area contributed by atoms with Crippen LogP contribution in [0, 0.1) is 11.3 Å². The van der Waals surface area contributed by atoms with Crippen molar-refractivity contribution < 1.29 is 19.1 Å². The normalized spacial score (nSPS) is 15.6. The highest BCUT2D eigenvalue weighted by Gasteiger charge is 2.37. The lowest BCUT2D eigenvalue weighted by molar-refractivity contribution is -0.136. The number of hydrogen-bond acceptors (Lipinski definition) is 6. The van der Waals surface area contributed by atoms with Gasteiger partial charge in [0.1, 0.15) is 5.75 Å². The number of para-hydroxylation sites is 2. The van der Waals surface area contributed by atoms with Crippen molar-refractivity contribution in [2.24, 2.45) is 0 Å². The van der Waals surface area contributed by atoms with Gasteiger partial charge in [0.2, 0.25) is 0 Å². The molecule has 0 bridgehead atoms. The molecule has 3 rings (SSSR count). The number of benzene rings is 2. The maximum absolute atomic E-state index is 13.4. The lowest BCUT2D eigenvalue weighted by atomic mass is 9.79. The van der Waals surface area contributed by atoms with Crippen molar-refractivity contribution in [1.29, 1.82) is 5.26 Å². The first kappa shape index (κ1) is 21.7. The van der Waals surface area contributed by atoms with Gasteiger partial charge in [0.25, 0.3) is 5.91 Å². The Bertz CT molecular complexity index is 1140. The highest BCUT2D eigenvalue weighted by atomic mass is 16.5. The van der Waals surface area contributed by atoms with Crippen LogP contribution in [0.4, 0.5) is 5.69 Å². The minimum atomic E-state index is -0.711. The minimum absolute atomic E-state index is 0.313. The van der Waals surface area contributed by atoms with Crippen molar-refractivity contribution >= 4 is 17.6 Å². The largest absolute Gasteiger partial charge is 0.495 e. The fraction of sp³-hybridized carbons (Fsp3) is 0.208. The first-order valence-electron chi connectivity index (χ1n) is 9.62. The molecule has 1 aliphatic heterocycles. The molecule has 7 heteroatoms. The molecule has 7 nitrogen and oxygen atoms in total. The fourth-order valence-corrected chi connectivity index (χ4v) is 3.73. The molecule has 0 saturated carbocycles. The summed E-state index contributed by atoms with van der Waals surface area (Å²) in [7, 11) is 2.82. The summed E-state index contributed by atoms with van der Waals surface area (Å²) < 4.78 is 10.3. The number of dihydropyridines is 1. The Kier molecular flexibility index (Phi) is 6.41. The van der Waals surface area contributed by atoms with E-state index in [1.54, 1.807) is 62.4 Å². The van der Waals surface area contributed by atoms with E-state index in [9.17, 15) is 14.9 Å². The van der Waals surface area contributed by atoms with Gasteiger partial charge in [0.15, 0.2) is 0 Å². The number of ether oxygens (including phenoxy) is 2. The number of rotatable bonds is 5. The highest BCUT2D eigenvalue weighted by Crippen LogP contribution is 2.39. The smallest absolute Gasteiger partial charge is 0.336 e. The molecule has 0 aromatic heterocycles. The number of carbonyl (C=O) groups excluding carboxylic acids is 2. The van der Waals surface area contributed by atoms with Crippen molar-refractivity contribution in [1.82, 2.24) is 5.32 Å². The zero-order chi connectivity index (χ0) is 22.5. The van der Waals surface area contributed by atoms with Gasteiger partial charge in [-0.25, -0.2) is 4.79 Å². The molecule has 1 atom stereocenters. The Labute approximate surface area is 181 Å². The van der Waals surface area contributed by atoms with E-state index in [-0.39, 0.29) is 0 Å². The van der Waals surface area contributed by atoms with Crippen molar-refractivity contribution in [2.75, 3.05) is 19.5 Å². The summed E-state index contributed by atoms with van der Waals surface area (Å²) in [4.78, 5) is 26.1. The van der Waals surface area contributed by atoms with E-state index >= 15 is 0 Å². The first-order chi connectivity index (χ1) is 14.9. The number of methoxy groups -OCH3 is 2. The van der Waals surface area contributed by atoms with Crippen molar-refractivity contribution in [3.05, 3.63) is 82.2 Å². The molecule has 158 valence electrons. The number of esters is 1. The molecule has 0 spiro atoms. The minimum Gasteiger partial charge on any atom is -0.495 e.